The molecule has 1 unspecified atom stereocenters. The van der Waals surface area contributed by atoms with E-state index in [-0.39, 0.29) is 0 Å². The summed E-state index contributed by atoms with van der Waals surface area (Å²) in [7, 11) is 3.96. The summed E-state index contributed by atoms with van der Waals surface area (Å²) in [5.74, 6) is 1.79. The molecule has 3 heteroatoms. The molecule has 1 atom stereocenters. The summed E-state index contributed by atoms with van der Waals surface area (Å²) in [5.41, 5.74) is 2.55. The highest BCUT2D eigenvalue weighted by molar-refractivity contribution is 5.38. The molecule has 1 N–H and O–H groups in total. The molecule has 1 fully saturated rings. The lowest BCUT2D eigenvalue weighted by molar-refractivity contribution is 0.213. The van der Waals surface area contributed by atoms with Gasteiger partial charge in [0.05, 0.1) is 7.11 Å². The smallest absolute Gasteiger partial charge is 0.123 e. The number of likely N-dealkylation sites (tertiary alicyclic amines) is 1. The Morgan fingerprint density at radius 3 is 2.70 bits per heavy atom. The summed E-state index contributed by atoms with van der Waals surface area (Å²) < 4.78 is 5.48. The van der Waals surface area contributed by atoms with Crippen molar-refractivity contribution < 1.29 is 4.74 Å². The van der Waals surface area contributed by atoms with Crippen LogP contribution >= 0.6 is 0 Å². The molecule has 0 radical (unpaired) electrons. The maximum atomic E-state index is 5.48. The Bertz CT molecular complexity index is 425. The quantitative estimate of drug-likeness (QED) is 0.895. The molecular weight excluding hydrogens is 248 g/mol. The van der Waals surface area contributed by atoms with Gasteiger partial charge in [0.1, 0.15) is 5.75 Å². The normalized spacial score (nSPS) is 19.0. The second-order valence-electron chi connectivity index (χ2n) is 6.12. The third-order valence-electron chi connectivity index (χ3n) is 4.40. The standard InChI is InChI=1S/C17H28N2O/c1-13-5-6-17(20-4)16(11-13)14(2)18-12-15-7-9-19(3)10-8-15/h5-6,11,14-15,18H,7-10,12H2,1-4H3. The van der Waals surface area contributed by atoms with Gasteiger partial charge >= 0.3 is 0 Å². The number of piperidine rings is 1. The van der Waals surface area contributed by atoms with Crippen molar-refractivity contribution in [3.63, 3.8) is 0 Å². The Labute approximate surface area is 123 Å². The van der Waals surface area contributed by atoms with Crippen LogP contribution in [0.1, 0.15) is 36.9 Å². The van der Waals surface area contributed by atoms with Gasteiger partial charge in [0, 0.05) is 11.6 Å². The lowest BCUT2D eigenvalue weighted by atomic mass is 9.96. The van der Waals surface area contributed by atoms with E-state index in [1.807, 2.05) is 0 Å². The van der Waals surface area contributed by atoms with E-state index in [1.54, 1.807) is 7.11 Å². The van der Waals surface area contributed by atoms with Crippen molar-refractivity contribution in [1.82, 2.24) is 10.2 Å². The Hall–Kier alpha value is -1.06. The maximum absolute atomic E-state index is 5.48. The lowest BCUT2D eigenvalue weighted by Gasteiger charge is -2.30. The average Bonchev–Trinajstić information content (AvgIpc) is 2.46. The maximum Gasteiger partial charge on any atom is 0.123 e. The van der Waals surface area contributed by atoms with E-state index in [0.29, 0.717) is 6.04 Å². The van der Waals surface area contributed by atoms with Crippen LogP contribution < -0.4 is 10.1 Å². The highest BCUT2D eigenvalue weighted by atomic mass is 16.5. The topological polar surface area (TPSA) is 24.5 Å². The lowest BCUT2D eigenvalue weighted by Crippen LogP contribution is -2.35. The number of methoxy groups -OCH3 is 1. The average molecular weight is 276 g/mol. The summed E-state index contributed by atoms with van der Waals surface area (Å²) >= 11 is 0. The van der Waals surface area contributed by atoms with Crippen molar-refractivity contribution in [2.24, 2.45) is 5.92 Å². The van der Waals surface area contributed by atoms with Crippen LogP contribution in [0.4, 0.5) is 0 Å². The third-order valence-corrected chi connectivity index (χ3v) is 4.40. The summed E-state index contributed by atoms with van der Waals surface area (Å²) in [4.78, 5) is 2.42. The van der Waals surface area contributed by atoms with E-state index in [1.165, 1.54) is 37.1 Å². The first-order chi connectivity index (χ1) is 9.60. The second-order valence-corrected chi connectivity index (χ2v) is 6.12. The predicted molar refractivity (Wildman–Crippen MR) is 84.4 cm³/mol. The Balaban J connectivity index is 1.91. The SMILES string of the molecule is COc1ccc(C)cc1C(C)NCC1CCN(C)CC1. The Morgan fingerprint density at radius 1 is 1.35 bits per heavy atom. The number of aryl methyl sites for hydroxylation is 1. The fourth-order valence-electron chi connectivity index (χ4n) is 2.91. The second kappa shape index (κ2) is 7.09. The van der Waals surface area contributed by atoms with Gasteiger partial charge in [-0.3, -0.25) is 0 Å². The number of nitrogens with zero attached hydrogens (tertiary/aromatic N) is 1. The van der Waals surface area contributed by atoms with Gasteiger partial charge in [0.2, 0.25) is 0 Å². The number of rotatable bonds is 5. The largest absolute Gasteiger partial charge is 0.496 e. The molecule has 1 saturated heterocycles. The van der Waals surface area contributed by atoms with Gasteiger partial charge in [-0.05, 0) is 65.4 Å². The van der Waals surface area contributed by atoms with Crippen molar-refractivity contribution in [2.45, 2.75) is 32.7 Å². The Morgan fingerprint density at radius 2 is 2.05 bits per heavy atom. The molecule has 0 bridgehead atoms. The predicted octanol–water partition coefficient (Wildman–Crippen LogP) is 3.00. The molecule has 0 spiro atoms. The molecule has 0 amide bonds. The minimum absolute atomic E-state index is 0.338. The molecule has 1 heterocycles. The van der Waals surface area contributed by atoms with Crippen molar-refractivity contribution in [3.8, 4) is 5.75 Å². The molecule has 0 saturated carbocycles. The first-order valence-electron chi connectivity index (χ1n) is 7.66. The molecule has 0 aliphatic carbocycles. The van der Waals surface area contributed by atoms with Gasteiger partial charge in [-0.2, -0.15) is 0 Å². The summed E-state index contributed by atoms with van der Waals surface area (Å²) in [6.07, 6.45) is 2.61. The summed E-state index contributed by atoms with van der Waals surface area (Å²) in [6, 6.07) is 6.74. The molecule has 3 nitrogen and oxygen atoms in total. The van der Waals surface area contributed by atoms with E-state index in [0.717, 1.165) is 18.2 Å². The van der Waals surface area contributed by atoms with E-state index in [4.69, 9.17) is 4.74 Å². The molecule has 1 aromatic carbocycles. The van der Waals surface area contributed by atoms with E-state index in [2.05, 4.69) is 49.3 Å². The van der Waals surface area contributed by atoms with Crippen molar-refractivity contribution in [3.05, 3.63) is 29.3 Å². The fourth-order valence-corrected chi connectivity index (χ4v) is 2.91. The van der Waals surface area contributed by atoms with Crippen LogP contribution in [0.5, 0.6) is 5.75 Å². The van der Waals surface area contributed by atoms with Gasteiger partial charge < -0.3 is 15.0 Å². The van der Waals surface area contributed by atoms with Gasteiger partial charge in [0.15, 0.2) is 0 Å². The molecule has 20 heavy (non-hydrogen) atoms. The zero-order valence-corrected chi connectivity index (χ0v) is 13.3. The van der Waals surface area contributed by atoms with Crippen LogP contribution in [0.3, 0.4) is 0 Å². The number of benzene rings is 1. The highest BCUT2D eigenvalue weighted by Gasteiger charge is 2.18. The minimum Gasteiger partial charge on any atom is -0.496 e. The molecule has 1 aliphatic rings. The van der Waals surface area contributed by atoms with E-state index in [9.17, 15) is 0 Å². The first kappa shape index (κ1) is 15.3. The van der Waals surface area contributed by atoms with Crippen LogP contribution in [0.2, 0.25) is 0 Å². The van der Waals surface area contributed by atoms with Crippen LogP contribution in [0.15, 0.2) is 18.2 Å². The summed E-state index contributed by atoms with van der Waals surface area (Å²) in [5, 5.41) is 3.69. The van der Waals surface area contributed by atoms with Crippen molar-refractivity contribution in [1.29, 1.82) is 0 Å². The van der Waals surface area contributed by atoms with Gasteiger partial charge in [-0.15, -0.1) is 0 Å². The monoisotopic (exact) mass is 276 g/mol. The number of ether oxygens (including phenoxy) is 1. The first-order valence-corrected chi connectivity index (χ1v) is 7.66. The Kier molecular flexibility index (Phi) is 5.44. The minimum atomic E-state index is 0.338. The molecule has 2 rings (SSSR count). The van der Waals surface area contributed by atoms with Crippen LogP contribution in [-0.4, -0.2) is 38.7 Å². The molecule has 1 aromatic rings. The van der Waals surface area contributed by atoms with Gasteiger partial charge in [-0.1, -0.05) is 17.7 Å². The third kappa shape index (κ3) is 3.97. The van der Waals surface area contributed by atoms with E-state index < -0.39 is 0 Å². The highest BCUT2D eigenvalue weighted by Crippen LogP contribution is 2.26. The van der Waals surface area contributed by atoms with Crippen LogP contribution in [0, 0.1) is 12.8 Å². The number of nitrogens with one attached hydrogen (secondary N) is 1. The summed E-state index contributed by atoms with van der Waals surface area (Å²) in [6.45, 7) is 7.92. The fraction of sp³-hybridized carbons (Fsp3) is 0.647. The molecule has 1 aliphatic heterocycles. The number of hydrogen-bond donors (Lipinski definition) is 1. The van der Waals surface area contributed by atoms with Crippen LogP contribution in [0.25, 0.3) is 0 Å². The number of hydrogen-bond acceptors (Lipinski definition) is 3. The van der Waals surface area contributed by atoms with Crippen molar-refractivity contribution >= 4 is 0 Å². The van der Waals surface area contributed by atoms with Crippen LogP contribution in [-0.2, 0) is 0 Å². The van der Waals surface area contributed by atoms with E-state index >= 15 is 0 Å². The zero-order valence-electron chi connectivity index (χ0n) is 13.3. The van der Waals surface area contributed by atoms with Gasteiger partial charge in [0.25, 0.3) is 0 Å². The van der Waals surface area contributed by atoms with Crippen molar-refractivity contribution in [2.75, 3.05) is 33.8 Å². The molecule has 112 valence electrons. The molecular formula is C17H28N2O. The van der Waals surface area contributed by atoms with Gasteiger partial charge in [-0.25, -0.2) is 0 Å². The zero-order chi connectivity index (χ0) is 14.5. The molecule has 0 aromatic heterocycles.